The highest BCUT2D eigenvalue weighted by Gasteiger charge is 2.42. The number of anilines is 1. The molecule has 324 valence electrons. The van der Waals surface area contributed by atoms with E-state index < -0.39 is 20.9 Å². The average Bonchev–Trinajstić information content (AvgIpc) is 4.02. The summed E-state index contributed by atoms with van der Waals surface area (Å²) in [5, 5.41) is 18.8. The van der Waals surface area contributed by atoms with Crippen LogP contribution in [0.2, 0.25) is 0 Å². The summed E-state index contributed by atoms with van der Waals surface area (Å²) in [6.45, 7) is 2.14. The van der Waals surface area contributed by atoms with E-state index in [1.165, 1.54) is 0 Å². The minimum absolute atomic E-state index is 0.0832. The van der Waals surface area contributed by atoms with Gasteiger partial charge in [0.2, 0.25) is 0 Å². The summed E-state index contributed by atoms with van der Waals surface area (Å²) in [4.78, 5) is 5.88. The van der Waals surface area contributed by atoms with E-state index in [1.54, 1.807) is 23.0 Å². The first-order valence-corrected chi connectivity index (χ1v) is 23.7. The highest BCUT2D eigenvalue weighted by molar-refractivity contribution is 7.91. The number of hydrogen-bond donors (Lipinski definition) is 1. The molecule has 0 bridgehead atoms. The molecule has 0 aliphatic carbocycles. The molecule has 0 aliphatic rings. The Morgan fingerprint density at radius 3 is 1.50 bits per heavy atom. The van der Waals surface area contributed by atoms with Gasteiger partial charge in [-0.2, -0.15) is 5.10 Å². The van der Waals surface area contributed by atoms with Crippen molar-refractivity contribution in [2.24, 2.45) is 0 Å². The second-order valence-corrected chi connectivity index (χ2v) is 18.7. The molecule has 10 rings (SSSR count). The lowest BCUT2D eigenvalue weighted by molar-refractivity contribution is 0.457. The molecular formula is C56H47N7O2S. The van der Waals surface area contributed by atoms with Crippen LogP contribution in [-0.4, -0.2) is 43.9 Å². The number of nitrogens with zero attached hydrogens (tertiary/aromatic N) is 6. The van der Waals surface area contributed by atoms with Gasteiger partial charge in [-0.25, -0.2) is 18.1 Å². The summed E-state index contributed by atoms with van der Waals surface area (Å²) in [5.74, 6) is 0.525. The van der Waals surface area contributed by atoms with Crippen LogP contribution in [0.25, 0.3) is 11.2 Å². The van der Waals surface area contributed by atoms with E-state index in [0.29, 0.717) is 28.3 Å². The Bertz CT molecular complexity index is 3120. The first-order chi connectivity index (χ1) is 32.3. The number of rotatable bonds is 15. The third-order valence-corrected chi connectivity index (χ3v) is 14.1. The lowest BCUT2D eigenvalue weighted by Gasteiger charge is -2.38. The number of sulfone groups is 1. The smallest absolute Gasteiger partial charge is 0.182 e. The van der Waals surface area contributed by atoms with Gasteiger partial charge in [0.05, 0.1) is 23.4 Å². The van der Waals surface area contributed by atoms with Crippen LogP contribution in [0.4, 0.5) is 5.82 Å². The van der Waals surface area contributed by atoms with Gasteiger partial charge in [0.1, 0.15) is 22.4 Å². The molecule has 0 aliphatic heterocycles. The van der Waals surface area contributed by atoms with Gasteiger partial charge >= 0.3 is 0 Å². The second kappa shape index (κ2) is 17.9. The van der Waals surface area contributed by atoms with Crippen LogP contribution in [-0.2, 0) is 33.9 Å². The number of aryl methyl sites for hydroxylation is 2. The van der Waals surface area contributed by atoms with E-state index in [9.17, 15) is 8.42 Å². The zero-order valence-electron chi connectivity index (χ0n) is 36.4. The fraction of sp³-hybridized carbons (Fsp3) is 0.107. The predicted octanol–water partition coefficient (Wildman–Crippen LogP) is 10.6. The Labute approximate surface area is 385 Å². The molecule has 9 nitrogen and oxygen atoms in total. The van der Waals surface area contributed by atoms with Crippen LogP contribution >= 0.6 is 0 Å². The molecule has 3 aromatic heterocycles. The third kappa shape index (κ3) is 7.86. The van der Waals surface area contributed by atoms with Crippen LogP contribution in [0, 0.1) is 6.92 Å². The molecule has 0 atom stereocenters. The topological polar surface area (TPSA) is 108 Å². The average molecular weight is 882 g/mol. The Morgan fingerprint density at radius 1 is 0.576 bits per heavy atom. The molecule has 3 heterocycles. The van der Waals surface area contributed by atoms with Gasteiger partial charge in [-0.3, -0.25) is 4.68 Å². The minimum atomic E-state index is -3.52. The Kier molecular flexibility index (Phi) is 11.4. The van der Waals surface area contributed by atoms with Gasteiger partial charge in [0.15, 0.2) is 15.5 Å². The van der Waals surface area contributed by atoms with Crippen molar-refractivity contribution in [2.75, 3.05) is 11.1 Å². The van der Waals surface area contributed by atoms with Crippen molar-refractivity contribution in [3.05, 3.63) is 275 Å². The lowest BCUT2D eigenvalue weighted by Crippen LogP contribution is -2.39. The summed E-state index contributed by atoms with van der Waals surface area (Å²) >= 11 is 0. The third-order valence-electron chi connectivity index (χ3n) is 12.4. The summed E-state index contributed by atoms with van der Waals surface area (Å²) in [6, 6.07) is 71.6. The maximum Gasteiger partial charge on any atom is 0.182 e. The van der Waals surface area contributed by atoms with Crippen LogP contribution in [0.15, 0.2) is 230 Å². The predicted molar refractivity (Wildman–Crippen MR) is 261 cm³/mol. The molecule has 0 unspecified atom stereocenters. The van der Waals surface area contributed by atoms with Crippen molar-refractivity contribution in [1.82, 2.24) is 29.8 Å². The Morgan fingerprint density at radius 2 is 1.03 bits per heavy atom. The summed E-state index contributed by atoms with van der Waals surface area (Å²) in [6.07, 6.45) is 4.13. The molecule has 0 amide bonds. The number of benzene rings is 7. The molecule has 66 heavy (non-hydrogen) atoms. The SMILES string of the molecule is Cc1ccc(S(=O)(=O)CCn2cc(Cc3cc(NC(c4ccccc4)(c4ccccc4)c4ccccc4)nc4c3nnn4C(c3ccccc3)(c3ccccc3)c3ccccc3)cn2)cc1. The van der Waals surface area contributed by atoms with Crippen molar-refractivity contribution in [2.45, 2.75) is 35.9 Å². The minimum Gasteiger partial charge on any atom is -0.353 e. The van der Waals surface area contributed by atoms with Crippen molar-refractivity contribution in [3.8, 4) is 0 Å². The Hall–Kier alpha value is -7.95. The van der Waals surface area contributed by atoms with Gasteiger partial charge in [0, 0.05) is 12.6 Å². The quantitative estimate of drug-likeness (QED) is 0.102. The summed E-state index contributed by atoms with van der Waals surface area (Å²) < 4.78 is 30.4. The second-order valence-electron chi connectivity index (χ2n) is 16.5. The standard InChI is InChI=1S/C56H47N7O2S/c1-42-32-34-51(35-33-42)66(64,65)37-36-62-41-43(40-57-62)38-44-39-52(59-55(45-20-8-2-9-21-45,46-22-10-3-11-23-46)47-24-12-4-13-25-47)58-54-53(44)60-61-63(54)56(48-26-14-5-15-27-48,49-28-16-6-17-29-49)50-30-18-7-19-31-50/h2-35,39-41H,36-38H2,1H3,(H,58,59). The van der Waals surface area contributed by atoms with E-state index in [4.69, 9.17) is 15.3 Å². The number of pyridine rings is 1. The number of nitrogens with one attached hydrogen (secondary N) is 1. The van der Waals surface area contributed by atoms with Gasteiger partial charge < -0.3 is 5.32 Å². The van der Waals surface area contributed by atoms with Gasteiger partial charge in [-0.1, -0.05) is 205 Å². The normalized spacial score (nSPS) is 12.0. The van der Waals surface area contributed by atoms with Crippen molar-refractivity contribution in [3.63, 3.8) is 0 Å². The molecule has 10 heteroatoms. The van der Waals surface area contributed by atoms with Crippen molar-refractivity contribution in [1.29, 1.82) is 0 Å². The number of fused-ring (bicyclic) bond motifs is 1. The number of hydrogen-bond acceptors (Lipinski definition) is 7. The molecule has 0 spiro atoms. The highest BCUT2D eigenvalue weighted by Crippen LogP contribution is 2.44. The summed E-state index contributed by atoms with van der Waals surface area (Å²) in [7, 11) is -3.52. The van der Waals surface area contributed by atoms with E-state index in [1.807, 2.05) is 66.3 Å². The molecular weight excluding hydrogens is 835 g/mol. The molecule has 0 saturated carbocycles. The van der Waals surface area contributed by atoms with Crippen molar-refractivity contribution >= 4 is 26.8 Å². The lowest BCUT2D eigenvalue weighted by atomic mass is 9.77. The Balaban J connectivity index is 1.18. The molecule has 0 saturated heterocycles. The highest BCUT2D eigenvalue weighted by atomic mass is 32.2. The van der Waals surface area contributed by atoms with E-state index in [0.717, 1.165) is 50.1 Å². The largest absolute Gasteiger partial charge is 0.353 e. The maximum atomic E-state index is 13.3. The van der Waals surface area contributed by atoms with Crippen LogP contribution in [0.3, 0.4) is 0 Å². The van der Waals surface area contributed by atoms with Crippen LogP contribution in [0.5, 0.6) is 0 Å². The maximum absolute atomic E-state index is 13.3. The van der Waals surface area contributed by atoms with Crippen molar-refractivity contribution < 1.29 is 8.42 Å². The van der Waals surface area contributed by atoms with Crippen LogP contribution in [0.1, 0.15) is 50.1 Å². The first-order valence-electron chi connectivity index (χ1n) is 22.0. The van der Waals surface area contributed by atoms with E-state index >= 15 is 0 Å². The van der Waals surface area contributed by atoms with Gasteiger partial charge in [-0.15, -0.1) is 5.10 Å². The molecule has 1 N–H and O–H groups in total. The van der Waals surface area contributed by atoms with E-state index in [-0.39, 0.29) is 12.3 Å². The molecule has 10 aromatic rings. The van der Waals surface area contributed by atoms with Gasteiger partial charge in [-0.05, 0) is 69.6 Å². The molecule has 0 radical (unpaired) electrons. The molecule has 0 fully saturated rings. The van der Waals surface area contributed by atoms with E-state index in [2.05, 4.69) is 162 Å². The summed E-state index contributed by atoms with van der Waals surface area (Å²) in [5.41, 5.74) is 8.16. The molecule has 7 aromatic carbocycles. The fourth-order valence-electron chi connectivity index (χ4n) is 9.18. The zero-order valence-corrected chi connectivity index (χ0v) is 37.2. The van der Waals surface area contributed by atoms with Gasteiger partial charge in [0.25, 0.3) is 0 Å². The first kappa shape index (κ1) is 42.0. The van der Waals surface area contributed by atoms with Crippen LogP contribution < -0.4 is 5.32 Å². The number of aromatic nitrogens is 6. The fourth-order valence-corrected chi connectivity index (χ4v) is 10.4. The monoisotopic (exact) mass is 881 g/mol. The zero-order chi connectivity index (χ0) is 45.0.